The largest absolute Gasteiger partial charge is 0.487 e. The number of likely N-dealkylation sites (tertiary alicyclic amines) is 1. The summed E-state index contributed by atoms with van der Waals surface area (Å²) in [6, 6.07) is 16.7. The molecule has 2 N–H and O–H groups in total. The Balaban J connectivity index is 1.47. The number of guanidine groups is 1. The van der Waals surface area contributed by atoms with Crippen molar-refractivity contribution >= 4 is 11.9 Å². The highest BCUT2D eigenvalue weighted by molar-refractivity contribution is 5.80. The van der Waals surface area contributed by atoms with Crippen molar-refractivity contribution in [3.05, 3.63) is 65.2 Å². The first-order chi connectivity index (χ1) is 15.4. The van der Waals surface area contributed by atoms with Gasteiger partial charge in [-0.1, -0.05) is 42.5 Å². The molecule has 1 atom stereocenters. The van der Waals surface area contributed by atoms with E-state index in [0.29, 0.717) is 19.5 Å². The van der Waals surface area contributed by atoms with Gasteiger partial charge < -0.3 is 20.3 Å². The van der Waals surface area contributed by atoms with Crippen molar-refractivity contribution in [1.29, 1.82) is 0 Å². The molecule has 0 aromatic heterocycles. The first-order valence-corrected chi connectivity index (χ1v) is 11.6. The molecule has 2 aromatic rings. The molecule has 2 aromatic carbocycles. The van der Waals surface area contributed by atoms with Crippen LogP contribution in [0.5, 0.6) is 5.75 Å². The molecule has 0 saturated carbocycles. The lowest BCUT2D eigenvalue weighted by Crippen LogP contribution is -2.45. The molecule has 0 spiro atoms. The third-order valence-corrected chi connectivity index (χ3v) is 5.99. The van der Waals surface area contributed by atoms with Crippen molar-refractivity contribution in [1.82, 2.24) is 15.5 Å². The quantitative estimate of drug-likeness (QED) is 0.529. The number of nitrogens with zero attached hydrogens (tertiary/aromatic N) is 2. The maximum absolute atomic E-state index is 12.0. The minimum Gasteiger partial charge on any atom is -0.487 e. The lowest BCUT2D eigenvalue weighted by molar-refractivity contribution is -0.128. The van der Waals surface area contributed by atoms with E-state index < -0.39 is 0 Å². The number of hydrogen-bond donors (Lipinski definition) is 2. The molecule has 2 heterocycles. The van der Waals surface area contributed by atoms with E-state index >= 15 is 0 Å². The molecule has 1 fully saturated rings. The van der Waals surface area contributed by atoms with Crippen LogP contribution in [0.2, 0.25) is 0 Å². The standard InChI is InChI=1S/C26H34N4O2/c1-4-27-25(29-22-16-26(2,3)32-23-12-6-5-11-21(22)23)28-17-19-9-7-10-20(15-19)18-30-14-8-13-24(30)31/h5-7,9-12,15,22H,4,8,13-14,16-18H2,1-3H3,(H2,27,28,29). The Morgan fingerprint density at radius 3 is 2.78 bits per heavy atom. The van der Waals surface area contributed by atoms with Crippen molar-refractivity contribution in [2.24, 2.45) is 4.99 Å². The van der Waals surface area contributed by atoms with Gasteiger partial charge in [-0.15, -0.1) is 0 Å². The maximum atomic E-state index is 12.0. The predicted octanol–water partition coefficient (Wildman–Crippen LogP) is 4.17. The van der Waals surface area contributed by atoms with Gasteiger partial charge in [0, 0.05) is 38.0 Å². The van der Waals surface area contributed by atoms with E-state index in [1.807, 2.05) is 17.0 Å². The number of rotatable bonds is 6. The van der Waals surface area contributed by atoms with E-state index in [4.69, 9.17) is 9.73 Å². The second-order valence-corrected chi connectivity index (χ2v) is 9.23. The topological polar surface area (TPSA) is 66.0 Å². The monoisotopic (exact) mass is 434 g/mol. The highest BCUT2D eigenvalue weighted by Gasteiger charge is 2.34. The van der Waals surface area contributed by atoms with Crippen molar-refractivity contribution < 1.29 is 9.53 Å². The summed E-state index contributed by atoms with van der Waals surface area (Å²) in [5.74, 6) is 1.98. The summed E-state index contributed by atoms with van der Waals surface area (Å²) in [5, 5.41) is 7.01. The van der Waals surface area contributed by atoms with Gasteiger partial charge in [0.15, 0.2) is 5.96 Å². The Bertz CT molecular complexity index is 985. The molecule has 32 heavy (non-hydrogen) atoms. The molecule has 2 aliphatic rings. The average molecular weight is 435 g/mol. The fourth-order valence-electron chi connectivity index (χ4n) is 4.50. The number of hydrogen-bond acceptors (Lipinski definition) is 3. The van der Waals surface area contributed by atoms with Crippen LogP contribution in [-0.4, -0.2) is 35.5 Å². The molecule has 1 amide bonds. The highest BCUT2D eigenvalue weighted by atomic mass is 16.5. The lowest BCUT2D eigenvalue weighted by atomic mass is 9.90. The fourth-order valence-corrected chi connectivity index (χ4v) is 4.50. The number of carbonyl (C=O) groups excluding carboxylic acids is 1. The Hall–Kier alpha value is -3.02. The second kappa shape index (κ2) is 9.63. The Labute approximate surface area is 191 Å². The first-order valence-electron chi connectivity index (χ1n) is 11.6. The summed E-state index contributed by atoms with van der Waals surface area (Å²) in [6.45, 7) is 9.23. The van der Waals surface area contributed by atoms with E-state index in [1.54, 1.807) is 0 Å². The van der Waals surface area contributed by atoms with Crippen LogP contribution >= 0.6 is 0 Å². The van der Waals surface area contributed by atoms with Crippen LogP contribution in [0, 0.1) is 0 Å². The van der Waals surface area contributed by atoms with E-state index in [1.165, 1.54) is 0 Å². The van der Waals surface area contributed by atoms with Gasteiger partial charge in [0.25, 0.3) is 0 Å². The predicted molar refractivity (Wildman–Crippen MR) is 128 cm³/mol. The summed E-state index contributed by atoms with van der Waals surface area (Å²) in [4.78, 5) is 18.8. The van der Waals surface area contributed by atoms with Gasteiger partial charge in [-0.25, -0.2) is 4.99 Å². The number of para-hydroxylation sites is 1. The molecule has 6 nitrogen and oxygen atoms in total. The number of benzene rings is 2. The zero-order chi connectivity index (χ0) is 22.6. The van der Waals surface area contributed by atoms with Gasteiger partial charge in [0.1, 0.15) is 11.4 Å². The minimum atomic E-state index is -0.245. The fraction of sp³-hybridized carbons (Fsp3) is 0.462. The lowest BCUT2D eigenvalue weighted by Gasteiger charge is -2.38. The zero-order valence-electron chi connectivity index (χ0n) is 19.4. The van der Waals surface area contributed by atoms with Crippen LogP contribution in [-0.2, 0) is 17.9 Å². The SMILES string of the molecule is CCNC(=NCc1cccc(CN2CCCC2=O)c1)NC1CC(C)(C)Oc2ccccc21. The van der Waals surface area contributed by atoms with E-state index in [9.17, 15) is 4.79 Å². The molecule has 170 valence electrons. The van der Waals surface area contributed by atoms with Crippen LogP contribution in [0.25, 0.3) is 0 Å². The maximum Gasteiger partial charge on any atom is 0.222 e. The summed E-state index contributed by atoms with van der Waals surface area (Å²) in [7, 11) is 0. The highest BCUT2D eigenvalue weighted by Crippen LogP contribution is 2.39. The van der Waals surface area contributed by atoms with Gasteiger partial charge in [0.2, 0.25) is 5.91 Å². The van der Waals surface area contributed by atoms with Crippen LogP contribution in [0.3, 0.4) is 0 Å². The average Bonchev–Trinajstić information content (AvgIpc) is 3.16. The Kier molecular flexibility index (Phi) is 6.68. The van der Waals surface area contributed by atoms with Crippen molar-refractivity contribution in [2.75, 3.05) is 13.1 Å². The third kappa shape index (κ3) is 5.42. The summed E-state index contributed by atoms with van der Waals surface area (Å²) in [6.07, 6.45) is 2.49. The summed E-state index contributed by atoms with van der Waals surface area (Å²) in [5.41, 5.74) is 3.21. The van der Waals surface area contributed by atoms with Gasteiger partial charge in [-0.05, 0) is 44.4 Å². The third-order valence-electron chi connectivity index (χ3n) is 5.99. The number of carbonyl (C=O) groups is 1. The molecule has 0 aliphatic carbocycles. The summed E-state index contributed by atoms with van der Waals surface area (Å²) >= 11 is 0. The van der Waals surface area contributed by atoms with Gasteiger partial charge in [-0.2, -0.15) is 0 Å². The number of aliphatic imine (C=N–C) groups is 1. The minimum absolute atomic E-state index is 0.125. The molecule has 0 bridgehead atoms. The van der Waals surface area contributed by atoms with Crippen LogP contribution in [0.15, 0.2) is 53.5 Å². The molecular formula is C26H34N4O2. The van der Waals surface area contributed by atoms with Gasteiger partial charge in [0.05, 0.1) is 12.6 Å². The first kappa shape index (κ1) is 22.2. The van der Waals surface area contributed by atoms with Crippen LogP contribution < -0.4 is 15.4 Å². The smallest absolute Gasteiger partial charge is 0.222 e. The van der Waals surface area contributed by atoms with Crippen molar-refractivity contribution in [3.63, 3.8) is 0 Å². The normalized spacial score (nSPS) is 20.0. The molecule has 1 unspecified atom stereocenters. The Morgan fingerprint density at radius 2 is 2.00 bits per heavy atom. The zero-order valence-corrected chi connectivity index (χ0v) is 19.4. The number of ether oxygens (including phenoxy) is 1. The van der Waals surface area contributed by atoms with Crippen LogP contribution in [0.1, 0.15) is 62.8 Å². The second-order valence-electron chi connectivity index (χ2n) is 9.23. The number of nitrogens with one attached hydrogen (secondary N) is 2. The van der Waals surface area contributed by atoms with Gasteiger partial charge >= 0.3 is 0 Å². The molecule has 6 heteroatoms. The van der Waals surface area contributed by atoms with E-state index in [-0.39, 0.29) is 17.6 Å². The number of fused-ring (bicyclic) bond motifs is 1. The molecule has 2 aliphatic heterocycles. The van der Waals surface area contributed by atoms with Gasteiger partial charge in [-0.3, -0.25) is 4.79 Å². The number of amides is 1. The van der Waals surface area contributed by atoms with E-state index in [2.05, 4.69) is 67.8 Å². The van der Waals surface area contributed by atoms with Crippen LogP contribution in [0.4, 0.5) is 0 Å². The molecule has 1 saturated heterocycles. The van der Waals surface area contributed by atoms with E-state index in [0.717, 1.165) is 54.3 Å². The molecular weight excluding hydrogens is 400 g/mol. The van der Waals surface area contributed by atoms with Crippen molar-refractivity contribution in [2.45, 2.75) is 64.8 Å². The molecule has 4 rings (SSSR count). The summed E-state index contributed by atoms with van der Waals surface area (Å²) < 4.78 is 6.17. The Morgan fingerprint density at radius 1 is 1.19 bits per heavy atom. The molecule has 0 radical (unpaired) electrons. The van der Waals surface area contributed by atoms with Crippen molar-refractivity contribution in [3.8, 4) is 5.75 Å².